The van der Waals surface area contributed by atoms with Crippen molar-refractivity contribution in [2.24, 2.45) is 5.92 Å². The molecule has 0 spiro atoms. The Morgan fingerprint density at radius 2 is 2.22 bits per heavy atom. The van der Waals surface area contributed by atoms with E-state index in [9.17, 15) is 4.79 Å². The zero-order valence-electron chi connectivity index (χ0n) is 13.1. The third-order valence-electron chi connectivity index (χ3n) is 4.32. The van der Waals surface area contributed by atoms with Crippen LogP contribution in [0.4, 0.5) is 0 Å². The molecule has 0 radical (unpaired) electrons. The van der Waals surface area contributed by atoms with Crippen molar-refractivity contribution < 1.29 is 13.9 Å². The van der Waals surface area contributed by atoms with Crippen molar-refractivity contribution in [2.45, 2.75) is 56.1 Å². The molecule has 4 rings (SSSR count). The van der Waals surface area contributed by atoms with Gasteiger partial charge >= 0.3 is 5.97 Å². The zero-order chi connectivity index (χ0) is 16.0. The van der Waals surface area contributed by atoms with Crippen LogP contribution in [-0.4, -0.2) is 27.5 Å². The van der Waals surface area contributed by atoms with Gasteiger partial charge in [-0.05, 0) is 55.5 Å². The highest BCUT2D eigenvalue weighted by atomic mass is 32.2. The number of aryl methyl sites for hydroxylation is 1. The quantitative estimate of drug-likeness (QED) is 0.786. The molecule has 0 saturated carbocycles. The van der Waals surface area contributed by atoms with E-state index in [1.54, 1.807) is 11.3 Å². The number of aromatic nitrogens is 2. The molecular formula is C16H18N2O3S2. The zero-order valence-corrected chi connectivity index (χ0v) is 14.7. The maximum Gasteiger partial charge on any atom is 0.320 e. The number of hydrogen-bond donors (Lipinski definition) is 0. The smallest absolute Gasteiger partial charge is 0.320 e. The lowest BCUT2D eigenvalue weighted by Gasteiger charge is -2.16. The minimum absolute atomic E-state index is 0.0339. The molecule has 2 aromatic heterocycles. The Bertz CT molecular complexity index is 740. The second-order valence-corrected chi connectivity index (χ2v) is 8.66. The summed E-state index contributed by atoms with van der Waals surface area (Å²) < 4.78 is 10.9. The van der Waals surface area contributed by atoms with Crippen LogP contribution in [0.25, 0.3) is 10.8 Å². The van der Waals surface area contributed by atoms with Gasteiger partial charge in [0, 0.05) is 11.3 Å². The number of ether oxygens (including phenoxy) is 1. The van der Waals surface area contributed by atoms with E-state index in [1.165, 1.54) is 28.6 Å². The van der Waals surface area contributed by atoms with Crippen molar-refractivity contribution in [3.8, 4) is 10.8 Å². The van der Waals surface area contributed by atoms with Crippen LogP contribution in [0.5, 0.6) is 0 Å². The molecule has 2 aromatic rings. The molecule has 0 aromatic carbocycles. The second-order valence-electron chi connectivity index (χ2n) is 6.37. The molecule has 2 aliphatic rings. The summed E-state index contributed by atoms with van der Waals surface area (Å²) >= 11 is 3.05. The molecule has 122 valence electrons. The van der Waals surface area contributed by atoms with E-state index < -0.39 is 0 Å². The third-order valence-corrected chi connectivity index (χ3v) is 6.58. The summed E-state index contributed by atoms with van der Waals surface area (Å²) in [6.45, 7) is 4.19. The first-order chi connectivity index (χ1) is 11.1. The van der Waals surface area contributed by atoms with Gasteiger partial charge in [0.25, 0.3) is 11.1 Å². The summed E-state index contributed by atoms with van der Waals surface area (Å²) in [6.07, 6.45) is 4.18. The number of nitrogens with zero attached hydrogens (tertiary/aromatic N) is 2. The number of thioether (sulfide) groups is 1. The summed E-state index contributed by atoms with van der Waals surface area (Å²) in [7, 11) is 0. The summed E-state index contributed by atoms with van der Waals surface area (Å²) in [5.41, 5.74) is 1.42. The molecular weight excluding hydrogens is 332 g/mol. The van der Waals surface area contributed by atoms with Gasteiger partial charge in [-0.1, -0.05) is 6.92 Å². The lowest BCUT2D eigenvalue weighted by atomic mass is 9.90. The van der Waals surface area contributed by atoms with Crippen LogP contribution in [0.3, 0.4) is 0 Å². The van der Waals surface area contributed by atoms with Crippen LogP contribution in [0.1, 0.15) is 37.1 Å². The van der Waals surface area contributed by atoms with Gasteiger partial charge < -0.3 is 9.15 Å². The molecule has 3 heterocycles. The highest BCUT2D eigenvalue weighted by molar-refractivity contribution is 8.00. The minimum atomic E-state index is -0.240. The van der Waals surface area contributed by atoms with E-state index in [4.69, 9.17) is 9.15 Å². The summed E-state index contributed by atoms with van der Waals surface area (Å²) in [5.74, 6) is 1.11. The molecule has 1 aliphatic heterocycles. The normalized spacial score (nSPS) is 27.0. The molecule has 0 N–H and O–H groups in total. The Hall–Kier alpha value is -1.34. The maximum absolute atomic E-state index is 11.7. The Morgan fingerprint density at radius 1 is 1.35 bits per heavy atom. The van der Waals surface area contributed by atoms with Crippen LogP contribution < -0.4 is 0 Å². The topological polar surface area (TPSA) is 65.2 Å². The Kier molecular flexibility index (Phi) is 3.93. The van der Waals surface area contributed by atoms with Crippen LogP contribution >= 0.6 is 23.1 Å². The van der Waals surface area contributed by atoms with E-state index >= 15 is 0 Å². The number of rotatable bonds is 3. The van der Waals surface area contributed by atoms with Crippen LogP contribution in [0.2, 0.25) is 0 Å². The SMILES string of the molecule is C[C@@H]1CCc2sc(-c3nnc(S[C@H]4C[C@H](C)OC4=O)o3)cc2C1. The van der Waals surface area contributed by atoms with Crippen molar-refractivity contribution in [2.75, 3.05) is 0 Å². The van der Waals surface area contributed by atoms with Gasteiger partial charge in [0.05, 0.1) is 4.88 Å². The van der Waals surface area contributed by atoms with E-state index in [0.717, 1.165) is 23.6 Å². The van der Waals surface area contributed by atoms with E-state index in [1.807, 2.05) is 6.92 Å². The third kappa shape index (κ3) is 3.04. The molecule has 1 fully saturated rings. The van der Waals surface area contributed by atoms with E-state index in [0.29, 0.717) is 17.5 Å². The first-order valence-electron chi connectivity index (χ1n) is 7.91. The molecule has 0 bridgehead atoms. The number of cyclic esters (lactones) is 1. The maximum atomic E-state index is 11.7. The molecule has 3 atom stereocenters. The highest BCUT2D eigenvalue weighted by Crippen LogP contribution is 2.38. The van der Waals surface area contributed by atoms with E-state index in [-0.39, 0.29) is 17.3 Å². The first-order valence-corrected chi connectivity index (χ1v) is 9.60. The summed E-state index contributed by atoms with van der Waals surface area (Å²) in [5, 5.41) is 8.44. The lowest BCUT2D eigenvalue weighted by Crippen LogP contribution is -2.09. The van der Waals surface area contributed by atoms with Crippen LogP contribution in [-0.2, 0) is 22.4 Å². The fourth-order valence-electron chi connectivity index (χ4n) is 3.11. The van der Waals surface area contributed by atoms with Gasteiger partial charge in [-0.2, -0.15) is 0 Å². The van der Waals surface area contributed by atoms with Gasteiger partial charge in [0.15, 0.2) is 0 Å². The van der Waals surface area contributed by atoms with Crippen molar-refractivity contribution in [1.29, 1.82) is 0 Å². The standard InChI is InChI=1S/C16H18N2O3S2/c1-8-3-4-11-10(5-8)7-12(22-11)14-17-18-16(21-14)23-13-6-9(2)20-15(13)19/h7-9,13H,3-6H2,1-2H3/t8-,9+,13+/m1/s1. The summed E-state index contributed by atoms with van der Waals surface area (Å²) in [4.78, 5) is 14.2. The molecule has 5 nitrogen and oxygen atoms in total. The molecule has 0 amide bonds. The van der Waals surface area contributed by atoms with Gasteiger partial charge in [-0.3, -0.25) is 4.79 Å². The number of esters is 1. The Balaban J connectivity index is 1.51. The average Bonchev–Trinajstić information content (AvgIpc) is 3.18. The first kappa shape index (κ1) is 15.2. The van der Waals surface area contributed by atoms with Crippen molar-refractivity contribution in [1.82, 2.24) is 10.2 Å². The number of hydrogen-bond acceptors (Lipinski definition) is 7. The van der Waals surface area contributed by atoms with Crippen molar-refractivity contribution in [3.63, 3.8) is 0 Å². The Morgan fingerprint density at radius 3 is 3.00 bits per heavy atom. The van der Waals surface area contributed by atoms with Gasteiger partial charge in [-0.25, -0.2) is 0 Å². The molecule has 0 unspecified atom stereocenters. The summed E-state index contributed by atoms with van der Waals surface area (Å²) in [6, 6.07) is 2.18. The molecule has 23 heavy (non-hydrogen) atoms. The van der Waals surface area contributed by atoms with Crippen LogP contribution in [0.15, 0.2) is 15.7 Å². The minimum Gasteiger partial charge on any atom is -0.462 e. The number of fused-ring (bicyclic) bond motifs is 1. The number of thiophene rings is 1. The Labute approximate surface area is 142 Å². The van der Waals surface area contributed by atoms with Crippen molar-refractivity contribution in [3.05, 3.63) is 16.5 Å². The average molecular weight is 350 g/mol. The fourth-order valence-corrected chi connectivity index (χ4v) is 5.21. The fraction of sp³-hybridized carbons (Fsp3) is 0.562. The largest absolute Gasteiger partial charge is 0.462 e. The lowest BCUT2D eigenvalue weighted by molar-refractivity contribution is -0.140. The van der Waals surface area contributed by atoms with Crippen molar-refractivity contribution >= 4 is 29.1 Å². The highest BCUT2D eigenvalue weighted by Gasteiger charge is 2.34. The predicted octanol–water partition coefficient (Wildman–Crippen LogP) is 3.72. The van der Waals surface area contributed by atoms with Gasteiger partial charge in [0.1, 0.15) is 11.4 Å². The van der Waals surface area contributed by atoms with Gasteiger partial charge in [-0.15, -0.1) is 21.5 Å². The molecule has 1 aliphatic carbocycles. The van der Waals surface area contributed by atoms with Crippen LogP contribution in [0, 0.1) is 5.92 Å². The van der Waals surface area contributed by atoms with Gasteiger partial charge in [0.2, 0.25) is 0 Å². The molecule has 7 heteroatoms. The molecule has 1 saturated heterocycles. The van der Waals surface area contributed by atoms with E-state index in [2.05, 4.69) is 23.2 Å². The number of carbonyl (C=O) groups excluding carboxylic acids is 1. The predicted molar refractivity (Wildman–Crippen MR) is 88.6 cm³/mol. The second kappa shape index (κ2) is 5.94. The monoisotopic (exact) mass is 350 g/mol. The number of carbonyl (C=O) groups is 1.